The fourth-order valence-electron chi connectivity index (χ4n) is 1.81. The number of aromatic nitrogens is 1. The van der Waals surface area contributed by atoms with Gasteiger partial charge in [0.05, 0.1) is 16.9 Å². The van der Waals surface area contributed by atoms with Gasteiger partial charge in [0.25, 0.3) is 5.69 Å². The number of hydrogen-bond acceptors (Lipinski definition) is 6. The normalized spacial score (nSPS) is 10.6. The average molecular weight is 264 g/mol. The molecule has 1 aromatic heterocycles. The molecule has 1 aromatic carbocycles. The van der Waals surface area contributed by atoms with Crippen molar-refractivity contribution < 1.29 is 14.6 Å². The van der Waals surface area contributed by atoms with E-state index in [1.54, 1.807) is 16.8 Å². The maximum absolute atomic E-state index is 11.2. The van der Waals surface area contributed by atoms with E-state index in [9.17, 15) is 14.9 Å². The Kier molecular flexibility index (Phi) is 3.74. The number of aryl methyl sites for hydroxylation is 1. The third-order valence-corrected chi connectivity index (χ3v) is 2.70. The second kappa shape index (κ2) is 5.46. The smallest absolute Gasteiger partial charge is 0.328 e. The first-order chi connectivity index (χ1) is 9.11. The van der Waals surface area contributed by atoms with Crippen molar-refractivity contribution in [2.24, 2.45) is 5.84 Å². The van der Waals surface area contributed by atoms with Crippen molar-refractivity contribution in [2.45, 2.75) is 13.0 Å². The molecule has 0 aliphatic heterocycles. The Morgan fingerprint density at radius 2 is 2.26 bits per heavy atom. The number of fused-ring (bicyclic) bond motifs is 1. The molecule has 0 bridgehead atoms. The number of nitrogens with zero attached hydrogens (tertiary/aromatic N) is 2. The summed E-state index contributed by atoms with van der Waals surface area (Å²) >= 11 is 0. The van der Waals surface area contributed by atoms with E-state index in [0.717, 1.165) is 5.39 Å². The standard InChI is InChI=1S/C11H12N4O4/c12-13-19-11(16)4-6-14-5-3-8-1-2-9(15(17)18)7-10(8)14/h1-3,5,7,13H,4,6,12H2. The third-order valence-electron chi connectivity index (χ3n) is 2.70. The van der Waals surface area contributed by atoms with E-state index in [0.29, 0.717) is 12.1 Å². The lowest BCUT2D eigenvalue weighted by Crippen LogP contribution is -2.26. The van der Waals surface area contributed by atoms with E-state index >= 15 is 0 Å². The Balaban J connectivity index is 2.21. The third kappa shape index (κ3) is 2.87. The molecule has 19 heavy (non-hydrogen) atoms. The van der Waals surface area contributed by atoms with E-state index in [1.165, 1.54) is 12.1 Å². The van der Waals surface area contributed by atoms with Gasteiger partial charge < -0.3 is 9.40 Å². The fraction of sp³-hybridized carbons (Fsp3) is 0.182. The molecule has 0 atom stereocenters. The summed E-state index contributed by atoms with van der Waals surface area (Å²) in [5.41, 5.74) is 2.52. The Morgan fingerprint density at radius 1 is 1.47 bits per heavy atom. The van der Waals surface area contributed by atoms with Crippen LogP contribution in [0.25, 0.3) is 10.9 Å². The van der Waals surface area contributed by atoms with Gasteiger partial charge in [0.2, 0.25) is 0 Å². The molecule has 1 heterocycles. The predicted octanol–water partition coefficient (Wildman–Crippen LogP) is 0.861. The first-order valence-corrected chi connectivity index (χ1v) is 5.50. The summed E-state index contributed by atoms with van der Waals surface area (Å²) in [6, 6.07) is 6.41. The van der Waals surface area contributed by atoms with Gasteiger partial charge in [-0.15, -0.1) is 0 Å². The van der Waals surface area contributed by atoms with Gasteiger partial charge in [-0.05, 0) is 12.1 Å². The van der Waals surface area contributed by atoms with Crippen molar-refractivity contribution >= 4 is 22.6 Å². The number of non-ortho nitro benzene ring substituents is 1. The minimum atomic E-state index is -0.505. The Bertz CT molecular complexity index is 622. The zero-order valence-electron chi connectivity index (χ0n) is 9.91. The van der Waals surface area contributed by atoms with Crippen molar-refractivity contribution in [3.8, 4) is 0 Å². The van der Waals surface area contributed by atoms with Crippen LogP contribution < -0.4 is 11.4 Å². The van der Waals surface area contributed by atoms with Crippen LogP contribution >= 0.6 is 0 Å². The van der Waals surface area contributed by atoms with Crippen molar-refractivity contribution in [2.75, 3.05) is 0 Å². The summed E-state index contributed by atoms with van der Waals surface area (Å²) in [6.07, 6.45) is 1.87. The van der Waals surface area contributed by atoms with Gasteiger partial charge in [0.15, 0.2) is 0 Å². The minimum absolute atomic E-state index is 0.0126. The molecule has 0 saturated carbocycles. The first-order valence-electron chi connectivity index (χ1n) is 5.50. The predicted molar refractivity (Wildman–Crippen MR) is 66.6 cm³/mol. The molecule has 0 saturated heterocycles. The molecule has 2 rings (SSSR count). The van der Waals surface area contributed by atoms with E-state index in [4.69, 9.17) is 5.84 Å². The zero-order chi connectivity index (χ0) is 13.8. The van der Waals surface area contributed by atoms with Crippen LogP contribution in [-0.4, -0.2) is 15.5 Å². The van der Waals surface area contributed by atoms with Gasteiger partial charge >= 0.3 is 5.97 Å². The van der Waals surface area contributed by atoms with Crippen LogP contribution in [0.4, 0.5) is 5.69 Å². The van der Waals surface area contributed by atoms with Crippen LogP contribution in [0.2, 0.25) is 0 Å². The quantitative estimate of drug-likeness (QED) is 0.470. The maximum Gasteiger partial charge on any atom is 0.328 e. The van der Waals surface area contributed by atoms with Crippen LogP contribution in [-0.2, 0) is 16.2 Å². The fourth-order valence-corrected chi connectivity index (χ4v) is 1.81. The van der Waals surface area contributed by atoms with Gasteiger partial charge in [-0.3, -0.25) is 14.9 Å². The summed E-state index contributed by atoms with van der Waals surface area (Å²) in [6.45, 7) is 0.352. The number of nitro benzene ring substituents is 1. The van der Waals surface area contributed by atoms with Gasteiger partial charge in [0, 0.05) is 30.3 Å². The van der Waals surface area contributed by atoms with Crippen LogP contribution in [0.5, 0.6) is 0 Å². The SMILES string of the molecule is NNOC(=O)CCn1ccc2ccc([N+](=O)[O-])cc21. The number of hydrazine groups is 1. The number of hydrogen-bond donors (Lipinski definition) is 2. The lowest BCUT2D eigenvalue weighted by molar-refractivity contribution is -0.384. The summed E-state index contributed by atoms with van der Waals surface area (Å²) in [5, 5.41) is 11.6. The van der Waals surface area contributed by atoms with E-state index < -0.39 is 10.9 Å². The summed E-state index contributed by atoms with van der Waals surface area (Å²) in [4.78, 5) is 25.8. The Hall–Kier alpha value is -2.45. The first kappa shape index (κ1) is 13.0. The highest BCUT2D eigenvalue weighted by atomic mass is 16.7. The average Bonchev–Trinajstić information content (AvgIpc) is 2.79. The van der Waals surface area contributed by atoms with Gasteiger partial charge in [0.1, 0.15) is 0 Å². The molecule has 8 nitrogen and oxygen atoms in total. The van der Waals surface area contributed by atoms with Crippen molar-refractivity contribution in [1.82, 2.24) is 10.2 Å². The Labute approximate surface area is 107 Å². The molecule has 0 aliphatic carbocycles. The maximum atomic E-state index is 11.2. The molecule has 2 aromatic rings. The van der Waals surface area contributed by atoms with E-state index in [1.807, 2.05) is 11.7 Å². The molecule has 0 radical (unpaired) electrons. The second-order valence-electron chi connectivity index (χ2n) is 3.85. The number of nitrogens with one attached hydrogen (secondary N) is 1. The van der Waals surface area contributed by atoms with Crippen LogP contribution in [0.1, 0.15) is 6.42 Å². The molecule has 8 heteroatoms. The van der Waals surface area contributed by atoms with Crippen LogP contribution in [0.15, 0.2) is 30.5 Å². The molecular weight excluding hydrogens is 252 g/mol. The highest BCUT2D eigenvalue weighted by molar-refractivity contribution is 5.82. The Morgan fingerprint density at radius 3 is 2.95 bits per heavy atom. The second-order valence-corrected chi connectivity index (χ2v) is 3.85. The number of benzene rings is 1. The lowest BCUT2D eigenvalue weighted by atomic mass is 10.2. The molecule has 3 N–H and O–H groups in total. The summed E-state index contributed by atoms with van der Waals surface area (Å²) in [7, 11) is 0. The van der Waals surface area contributed by atoms with Gasteiger partial charge in [-0.1, -0.05) is 5.59 Å². The monoisotopic (exact) mass is 264 g/mol. The topological polar surface area (TPSA) is 112 Å². The largest absolute Gasteiger partial charge is 0.356 e. The number of rotatable bonds is 5. The van der Waals surface area contributed by atoms with E-state index in [-0.39, 0.29) is 12.1 Å². The molecular formula is C11H12N4O4. The van der Waals surface area contributed by atoms with Crippen LogP contribution in [0.3, 0.4) is 0 Å². The highest BCUT2D eigenvalue weighted by Crippen LogP contribution is 2.22. The van der Waals surface area contributed by atoms with E-state index in [2.05, 4.69) is 4.84 Å². The number of nitrogens with two attached hydrogens (primary N) is 1. The molecule has 0 unspecified atom stereocenters. The highest BCUT2D eigenvalue weighted by Gasteiger charge is 2.10. The lowest BCUT2D eigenvalue weighted by Gasteiger charge is -2.05. The number of nitro groups is 1. The molecule has 0 aliphatic rings. The number of carbonyl (C=O) groups excluding carboxylic acids is 1. The number of carbonyl (C=O) groups is 1. The molecule has 100 valence electrons. The van der Waals surface area contributed by atoms with Crippen molar-refractivity contribution in [3.63, 3.8) is 0 Å². The van der Waals surface area contributed by atoms with Crippen LogP contribution in [0, 0.1) is 10.1 Å². The molecule has 0 amide bonds. The van der Waals surface area contributed by atoms with Crippen molar-refractivity contribution in [1.29, 1.82) is 0 Å². The minimum Gasteiger partial charge on any atom is -0.356 e. The summed E-state index contributed by atoms with van der Waals surface area (Å²) < 4.78 is 1.75. The summed E-state index contributed by atoms with van der Waals surface area (Å²) in [5.74, 6) is 4.34. The zero-order valence-corrected chi connectivity index (χ0v) is 9.91. The van der Waals surface area contributed by atoms with Crippen molar-refractivity contribution in [3.05, 3.63) is 40.6 Å². The molecule has 0 spiro atoms. The van der Waals surface area contributed by atoms with Gasteiger partial charge in [-0.2, -0.15) is 0 Å². The molecule has 0 fully saturated rings. The van der Waals surface area contributed by atoms with Gasteiger partial charge in [-0.25, -0.2) is 5.84 Å².